The molecule has 1 aliphatic rings. The van der Waals surface area contributed by atoms with E-state index in [0.29, 0.717) is 22.3 Å². The summed E-state index contributed by atoms with van der Waals surface area (Å²) in [5.74, 6) is -3.14. The Morgan fingerprint density at radius 3 is 2.07 bits per heavy atom. The highest BCUT2D eigenvalue weighted by molar-refractivity contribution is 6.35. The lowest BCUT2D eigenvalue weighted by atomic mass is 9.97. The van der Waals surface area contributed by atoms with Crippen molar-refractivity contribution in [3.8, 4) is 0 Å². The van der Waals surface area contributed by atoms with Gasteiger partial charge in [0.05, 0.1) is 10.5 Å². The van der Waals surface area contributed by atoms with Gasteiger partial charge in [0.1, 0.15) is 18.5 Å². The molecule has 0 amide bonds. The number of nitrogens with zero attached hydrogens (tertiary/aromatic N) is 1. The lowest BCUT2D eigenvalue weighted by Crippen LogP contribution is -2.60. The Balaban J connectivity index is 1.87. The Morgan fingerprint density at radius 2 is 1.46 bits per heavy atom. The maximum absolute atomic E-state index is 13.5. The van der Waals surface area contributed by atoms with Crippen molar-refractivity contribution in [2.24, 2.45) is 0 Å². The lowest BCUT2D eigenvalue weighted by molar-refractivity contribution is -0.267. The van der Waals surface area contributed by atoms with Gasteiger partial charge < -0.3 is 28.3 Å². The van der Waals surface area contributed by atoms with Crippen LogP contribution in [0.2, 0.25) is 5.02 Å². The van der Waals surface area contributed by atoms with Gasteiger partial charge in [-0.25, -0.2) is 4.39 Å². The normalized spacial score (nSPS) is 22.1. The topological polar surface area (TPSA) is 119 Å². The van der Waals surface area contributed by atoms with Crippen molar-refractivity contribution in [1.29, 1.82) is 0 Å². The molecule has 1 aromatic heterocycles. The van der Waals surface area contributed by atoms with E-state index < -0.39 is 54.5 Å². The molecule has 10 nitrogen and oxygen atoms in total. The minimum atomic E-state index is -1.32. The molecular formula is C29H29ClFNO9. The number of esters is 4. The zero-order valence-corrected chi connectivity index (χ0v) is 23.6. The van der Waals surface area contributed by atoms with Crippen LogP contribution in [0.3, 0.4) is 0 Å². The summed E-state index contributed by atoms with van der Waals surface area (Å²) in [7, 11) is 0. The van der Waals surface area contributed by atoms with Crippen LogP contribution in [0.4, 0.5) is 4.39 Å². The minimum Gasteiger partial charge on any atom is -0.463 e. The first-order valence-corrected chi connectivity index (χ1v) is 13.1. The van der Waals surface area contributed by atoms with Gasteiger partial charge in [-0.15, -0.1) is 0 Å². The first kappa shape index (κ1) is 30.0. The summed E-state index contributed by atoms with van der Waals surface area (Å²) in [5, 5.41) is 1.11. The van der Waals surface area contributed by atoms with E-state index >= 15 is 0 Å². The molecule has 0 N–H and O–H groups in total. The SMILES string of the molecule is CC(=O)OC[C@H]1O[C@@H](n2cc(Cc3ccc(F)cc3)c3c(Cl)cccc32)[C@H](OC(C)=O)[C@@H](OC(C)=O)[C@@H]1OC(C)=O. The minimum absolute atomic E-state index is 0.350. The van der Waals surface area contributed by atoms with Gasteiger partial charge in [0.25, 0.3) is 0 Å². The van der Waals surface area contributed by atoms with Crippen molar-refractivity contribution in [2.75, 3.05) is 6.61 Å². The summed E-state index contributed by atoms with van der Waals surface area (Å²) in [5.41, 5.74) is 2.16. The zero-order chi connectivity index (χ0) is 29.8. The highest BCUT2D eigenvalue weighted by atomic mass is 35.5. The molecule has 1 fully saturated rings. The lowest BCUT2D eigenvalue weighted by Gasteiger charge is -2.44. The van der Waals surface area contributed by atoms with E-state index in [2.05, 4.69) is 0 Å². The molecule has 0 spiro atoms. The predicted molar refractivity (Wildman–Crippen MR) is 143 cm³/mol. The first-order chi connectivity index (χ1) is 19.4. The van der Waals surface area contributed by atoms with E-state index in [4.69, 9.17) is 35.3 Å². The second-order valence-electron chi connectivity index (χ2n) is 9.59. The molecule has 4 rings (SSSR count). The summed E-state index contributed by atoms with van der Waals surface area (Å²) in [6, 6.07) is 11.3. The molecule has 41 heavy (non-hydrogen) atoms. The number of rotatable bonds is 8. The Labute approximate surface area is 240 Å². The fraction of sp³-hybridized carbons (Fsp3) is 0.379. The van der Waals surface area contributed by atoms with Gasteiger partial charge in [0.2, 0.25) is 0 Å². The number of benzene rings is 2. The number of aromatic nitrogens is 1. The molecule has 218 valence electrons. The number of hydrogen-bond donors (Lipinski definition) is 0. The standard InChI is InChI=1S/C29H29ClFNO9/c1-15(33)37-14-24-26(38-16(2)34)27(39-17(3)35)28(40-18(4)36)29(41-24)32-13-20(12-19-8-10-21(31)11-9-19)25-22(30)6-5-7-23(25)32/h5-11,13,24,26-29H,12,14H2,1-4H3/t24-,26-,27+,28-,29-/m1/s1. The van der Waals surface area contributed by atoms with E-state index in [9.17, 15) is 23.6 Å². The monoisotopic (exact) mass is 589 g/mol. The number of carbonyl (C=O) groups excluding carboxylic acids is 4. The zero-order valence-electron chi connectivity index (χ0n) is 22.8. The third kappa shape index (κ3) is 7.04. The van der Waals surface area contributed by atoms with E-state index in [0.717, 1.165) is 25.0 Å². The largest absolute Gasteiger partial charge is 0.463 e. The number of ether oxygens (including phenoxy) is 5. The van der Waals surface area contributed by atoms with Gasteiger partial charge in [-0.3, -0.25) is 19.2 Å². The van der Waals surface area contributed by atoms with Crippen molar-refractivity contribution in [3.63, 3.8) is 0 Å². The quantitative estimate of drug-likeness (QED) is 0.280. The Bertz CT molecular complexity index is 1450. The number of carbonyl (C=O) groups is 4. The van der Waals surface area contributed by atoms with E-state index in [1.165, 1.54) is 26.0 Å². The van der Waals surface area contributed by atoms with Gasteiger partial charge in [0.15, 0.2) is 24.5 Å². The summed E-state index contributed by atoms with van der Waals surface area (Å²) in [4.78, 5) is 48.2. The summed E-state index contributed by atoms with van der Waals surface area (Å²) in [6.07, 6.45) is -4.01. The van der Waals surface area contributed by atoms with Crippen LogP contribution in [-0.2, 0) is 49.3 Å². The average molecular weight is 590 g/mol. The maximum atomic E-state index is 13.5. The molecule has 1 aliphatic heterocycles. The highest BCUT2D eigenvalue weighted by Crippen LogP contribution is 2.39. The number of halogens is 2. The Morgan fingerprint density at radius 1 is 0.854 bits per heavy atom. The Hall–Kier alpha value is -3.96. The Kier molecular flexibility index (Phi) is 9.29. The van der Waals surface area contributed by atoms with Gasteiger partial charge >= 0.3 is 23.9 Å². The molecule has 0 radical (unpaired) electrons. The van der Waals surface area contributed by atoms with Crippen LogP contribution >= 0.6 is 11.6 Å². The molecule has 0 aliphatic carbocycles. The van der Waals surface area contributed by atoms with Crippen molar-refractivity contribution < 1.29 is 47.3 Å². The fourth-order valence-electron chi connectivity index (χ4n) is 4.94. The van der Waals surface area contributed by atoms with Crippen LogP contribution in [0.25, 0.3) is 10.9 Å². The smallest absolute Gasteiger partial charge is 0.303 e. The van der Waals surface area contributed by atoms with Gasteiger partial charge in [-0.05, 0) is 41.8 Å². The number of hydrogen-bond acceptors (Lipinski definition) is 9. The molecule has 12 heteroatoms. The van der Waals surface area contributed by atoms with Crippen molar-refractivity contribution in [1.82, 2.24) is 4.57 Å². The predicted octanol–water partition coefficient (Wildman–Crippen LogP) is 4.28. The molecule has 2 heterocycles. The van der Waals surface area contributed by atoms with Crippen molar-refractivity contribution in [2.45, 2.75) is 64.8 Å². The van der Waals surface area contributed by atoms with Crippen molar-refractivity contribution in [3.05, 3.63) is 70.6 Å². The van der Waals surface area contributed by atoms with Crippen LogP contribution < -0.4 is 0 Å². The number of fused-ring (bicyclic) bond motifs is 1. The second kappa shape index (κ2) is 12.7. The summed E-state index contributed by atoms with van der Waals surface area (Å²) >= 11 is 6.63. The molecule has 3 aromatic rings. The third-order valence-electron chi connectivity index (χ3n) is 6.43. The van der Waals surface area contributed by atoms with Crippen LogP contribution in [0.15, 0.2) is 48.7 Å². The van der Waals surface area contributed by atoms with Crippen molar-refractivity contribution >= 4 is 46.4 Å². The van der Waals surface area contributed by atoms with E-state index in [-0.39, 0.29) is 12.4 Å². The molecule has 5 atom stereocenters. The molecule has 0 saturated carbocycles. The molecule has 0 unspecified atom stereocenters. The van der Waals surface area contributed by atoms with Crippen LogP contribution in [0, 0.1) is 5.82 Å². The summed E-state index contributed by atoms with van der Waals surface area (Å²) in [6.45, 7) is 4.35. The average Bonchev–Trinajstić information content (AvgIpc) is 3.25. The van der Waals surface area contributed by atoms with Gasteiger partial charge in [0, 0.05) is 39.3 Å². The van der Waals surface area contributed by atoms with Gasteiger partial charge in [-0.1, -0.05) is 29.8 Å². The molecule has 0 bridgehead atoms. The first-order valence-electron chi connectivity index (χ1n) is 12.8. The highest BCUT2D eigenvalue weighted by Gasteiger charge is 2.53. The molecular weight excluding hydrogens is 561 g/mol. The van der Waals surface area contributed by atoms with Gasteiger partial charge in [-0.2, -0.15) is 0 Å². The maximum Gasteiger partial charge on any atom is 0.303 e. The molecule has 2 aromatic carbocycles. The van der Waals surface area contributed by atoms with E-state index in [1.54, 1.807) is 41.1 Å². The fourth-order valence-corrected chi connectivity index (χ4v) is 5.23. The summed E-state index contributed by atoms with van der Waals surface area (Å²) < 4.78 is 43.4. The van der Waals surface area contributed by atoms with Crippen LogP contribution in [0.1, 0.15) is 45.0 Å². The van der Waals surface area contributed by atoms with E-state index in [1.807, 2.05) is 0 Å². The second-order valence-corrected chi connectivity index (χ2v) is 10.00. The molecule has 1 saturated heterocycles. The third-order valence-corrected chi connectivity index (χ3v) is 6.75. The van der Waals surface area contributed by atoms with Crippen LogP contribution in [0.5, 0.6) is 0 Å². The van der Waals surface area contributed by atoms with Crippen LogP contribution in [-0.4, -0.2) is 59.5 Å².